The van der Waals surface area contributed by atoms with Gasteiger partial charge in [-0.2, -0.15) is 9.61 Å². The fourth-order valence-electron chi connectivity index (χ4n) is 3.40. The Balaban J connectivity index is 1.40. The molecule has 0 aliphatic heterocycles. The minimum atomic E-state index is -4.30. The lowest BCUT2D eigenvalue weighted by atomic mass is 10.0. The van der Waals surface area contributed by atoms with Crippen molar-refractivity contribution in [2.45, 2.75) is 17.7 Å². The van der Waals surface area contributed by atoms with Crippen LogP contribution in [0, 0.1) is 11.6 Å². The molecule has 2 aromatic carbocycles. The molecular weight excluding hydrogens is 483 g/mol. The third-order valence-electron chi connectivity index (χ3n) is 5.04. The van der Waals surface area contributed by atoms with Crippen molar-refractivity contribution in [1.82, 2.24) is 19.3 Å². The normalized spacial score (nSPS) is 11.7. The standard InChI is InChI=1S/C22H19BClF2N5O2S/c23-15-13-28-31-20(12-19(30-22(15)31)14-6-1-2-7-16(14)24)27-10-3-4-11-29-34(32,33)21-17(25)8-5-9-18(21)26/h1-2,5-9,12-13,27,29H,3-4,10-11H2. The Morgan fingerprint density at radius 2 is 1.74 bits per heavy atom. The molecule has 7 nitrogen and oxygen atoms in total. The zero-order valence-electron chi connectivity index (χ0n) is 17.8. The molecule has 12 heteroatoms. The average Bonchev–Trinajstić information content (AvgIpc) is 3.17. The second kappa shape index (κ2) is 10.1. The van der Waals surface area contributed by atoms with E-state index in [2.05, 4.69) is 20.1 Å². The van der Waals surface area contributed by atoms with E-state index in [1.807, 2.05) is 18.2 Å². The fourth-order valence-corrected chi connectivity index (χ4v) is 4.84. The fraction of sp³-hybridized carbons (Fsp3) is 0.182. The Hall–Kier alpha value is -3.02. The monoisotopic (exact) mass is 501 g/mol. The van der Waals surface area contributed by atoms with Crippen LogP contribution in [0.3, 0.4) is 0 Å². The van der Waals surface area contributed by atoms with Gasteiger partial charge in [0.2, 0.25) is 10.0 Å². The third kappa shape index (κ3) is 5.06. The summed E-state index contributed by atoms with van der Waals surface area (Å²) in [7, 11) is 1.71. The highest BCUT2D eigenvalue weighted by Crippen LogP contribution is 2.28. The molecule has 0 aliphatic carbocycles. The van der Waals surface area contributed by atoms with E-state index in [4.69, 9.17) is 19.4 Å². The minimum absolute atomic E-state index is 0.0170. The lowest BCUT2D eigenvalue weighted by molar-refractivity contribution is 0.513. The van der Waals surface area contributed by atoms with E-state index in [0.29, 0.717) is 47.0 Å². The van der Waals surface area contributed by atoms with Crippen molar-refractivity contribution >= 4 is 46.4 Å². The van der Waals surface area contributed by atoms with Crippen molar-refractivity contribution in [3.8, 4) is 11.3 Å². The van der Waals surface area contributed by atoms with Crippen LogP contribution in [0.15, 0.2) is 59.6 Å². The molecule has 0 saturated carbocycles. The lowest BCUT2D eigenvalue weighted by Gasteiger charge is -2.12. The Kier molecular flexibility index (Phi) is 7.15. The van der Waals surface area contributed by atoms with Crippen LogP contribution in [0.2, 0.25) is 5.02 Å². The van der Waals surface area contributed by atoms with Crippen LogP contribution in [-0.4, -0.2) is 44.0 Å². The zero-order valence-corrected chi connectivity index (χ0v) is 19.4. The number of hydrogen-bond acceptors (Lipinski definition) is 5. The third-order valence-corrected chi connectivity index (χ3v) is 6.88. The summed E-state index contributed by atoms with van der Waals surface area (Å²) in [6.45, 7) is 0.486. The van der Waals surface area contributed by atoms with Gasteiger partial charge in [0.15, 0.2) is 10.5 Å². The maximum atomic E-state index is 13.8. The molecule has 174 valence electrons. The summed E-state index contributed by atoms with van der Waals surface area (Å²) in [5.74, 6) is -1.64. The van der Waals surface area contributed by atoms with Crippen LogP contribution in [0.25, 0.3) is 16.9 Å². The van der Waals surface area contributed by atoms with Gasteiger partial charge in [-0.25, -0.2) is 26.9 Å². The maximum absolute atomic E-state index is 13.8. The van der Waals surface area contributed by atoms with Gasteiger partial charge in [0.25, 0.3) is 0 Å². The second-order valence-corrected chi connectivity index (χ2v) is 9.54. The Labute approximate surface area is 201 Å². The van der Waals surface area contributed by atoms with E-state index in [9.17, 15) is 17.2 Å². The van der Waals surface area contributed by atoms with Gasteiger partial charge < -0.3 is 5.32 Å². The van der Waals surface area contributed by atoms with Crippen molar-refractivity contribution in [3.63, 3.8) is 0 Å². The summed E-state index contributed by atoms with van der Waals surface area (Å²) in [4.78, 5) is 3.59. The smallest absolute Gasteiger partial charge is 0.246 e. The molecule has 0 saturated heterocycles. The predicted octanol–water partition coefficient (Wildman–Crippen LogP) is 3.29. The number of hydrogen-bond donors (Lipinski definition) is 2. The van der Waals surface area contributed by atoms with Crippen molar-refractivity contribution in [2.24, 2.45) is 0 Å². The molecule has 2 N–H and O–H groups in total. The summed E-state index contributed by atoms with van der Waals surface area (Å²) in [6, 6.07) is 12.0. The number of rotatable bonds is 9. The number of benzene rings is 2. The number of nitrogens with one attached hydrogen (secondary N) is 2. The quantitative estimate of drug-likeness (QED) is 0.271. The molecule has 4 rings (SSSR count). The first-order valence-electron chi connectivity index (χ1n) is 10.3. The predicted molar refractivity (Wildman–Crippen MR) is 128 cm³/mol. The van der Waals surface area contributed by atoms with Crippen LogP contribution in [0.1, 0.15) is 12.8 Å². The van der Waals surface area contributed by atoms with Gasteiger partial charge in [-0.05, 0) is 36.5 Å². The second-order valence-electron chi connectivity index (χ2n) is 7.42. The summed E-state index contributed by atoms with van der Waals surface area (Å²) < 4.78 is 55.8. The Morgan fingerprint density at radius 1 is 1.03 bits per heavy atom. The molecule has 0 atom stereocenters. The summed E-state index contributed by atoms with van der Waals surface area (Å²) in [5.41, 5.74) is 2.24. The zero-order chi connectivity index (χ0) is 24.3. The first kappa shape index (κ1) is 24.1. The van der Waals surface area contributed by atoms with Gasteiger partial charge in [0.05, 0.1) is 5.69 Å². The molecule has 0 aliphatic rings. The number of anilines is 1. The van der Waals surface area contributed by atoms with Crippen molar-refractivity contribution in [2.75, 3.05) is 18.4 Å². The first-order valence-corrected chi connectivity index (χ1v) is 12.2. The van der Waals surface area contributed by atoms with Gasteiger partial charge in [0, 0.05) is 35.9 Å². The highest BCUT2D eigenvalue weighted by Gasteiger charge is 2.23. The van der Waals surface area contributed by atoms with Crippen LogP contribution in [-0.2, 0) is 10.0 Å². The van der Waals surface area contributed by atoms with Crippen molar-refractivity contribution < 1.29 is 17.2 Å². The van der Waals surface area contributed by atoms with Gasteiger partial charge in [-0.1, -0.05) is 35.9 Å². The number of fused-ring (bicyclic) bond motifs is 1. The van der Waals surface area contributed by atoms with Crippen molar-refractivity contribution in [1.29, 1.82) is 0 Å². The molecule has 4 aromatic rings. The molecule has 2 aromatic heterocycles. The van der Waals surface area contributed by atoms with E-state index in [1.54, 1.807) is 16.6 Å². The molecule has 2 heterocycles. The molecule has 0 bridgehead atoms. The van der Waals surface area contributed by atoms with E-state index in [1.165, 1.54) is 6.20 Å². The highest BCUT2D eigenvalue weighted by molar-refractivity contribution is 7.89. The molecule has 0 fully saturated rings. The Bertz CT molecular complexity index is 1430. The molecule has 0 amide bonds. The van der Waals surface area contributed by atoms with Crippen LogP contribution >= 0.6 is 11.6 Å². The number of halogens is 3. The molecule has 0 unspecified atom stereocenters. The van der Waals surface area contributed by atoms with Gasteiger partial charge in [0.1, 0.15) is 25.3 Å². The molecule has 0 spiro atoms. The van der Waals surface area contributed by atoms with Gasteiger partial charge in [-0.3, -0.25) is 0 Å². The number of sulfonamides is 1. The SMILES string of the molecule is [B]c1cnn2c(NCCCCNS(=O)(=O)c3c(F)cccc3F)cc(-c3ccccc3Cl)nc12. The molecule has 2 radical (unpaired) electrons. The van der Waals surface area contributed by atoms with E-state index < -0.39 is 26.6 Å². The molecule has 34 heavy (non-hydrogen) atoms. The number of unbranched alkanes of at least 4 members (excludes halogenated alkanes) is 1. The highest BCUT2D eigenvalue weighted by atomic mass is 35.5. The van der Waals surface area contributed by atoms with Crippen LogP contribution in [0.5, 0.6) is 0 Å². The average molecular weight is 502 g/mol. The maximum Gasteiger partial charge on any atom is 0.246 e. The van der Waals surface area contributed by atoms with Gasteiger partial charge in [-0.15, -0.1) is 0 Å². The summed E-state index contributed by atoms with van der Waals surface area (Å²) in [6.07, 6.45) is 2.49. The summed E-state index contributed by atoms with van der Waals surface area (Å²) in [5, 5.41) is 8.03. The topological polar surface area (TPSA) is 88.4 Å². The van der Waals surface area contributed by atoms with Crippen molar-refractivity contribution in [3.05, 3.63) is 71.4 Å². The van der Waals surface area contributed by atoms with Crippen LogP contribution < -0.4 is 15.5 Å². The summed E-state index contributed by atoms with van der Waals surface area (Å²) >= 11 is 6.32. The first-order chi connectivity index (χ1) is 16.3. The Morgan fingerprint density at radius 3 is 2.47 bits per heavy atom. The number of aromatic nitrogens is 3. The number of nitrogens with zero attached hydrogens (tertiary/aromatic N) is 3. The van der Waals surface area contributed by atoms with Crippen LogP contribution in [0.4, 0.5) is 14.6 Å². The molecular formula is C22H19BClF2N5O2S. The van der Waals surface area contributed by atoms with E-state index >= 15 is 0 Å². The van der Waals surface area contributed by atoms with E-state index in [-0.39, 0.29) is 6.54 Å². The largest absolute Gasteiger partial charge is 0.370 e. The minimum Gasteiger partial charge on any atom is -0.370 e. The van der Waals surface area contributed by atoms with Gasteiger partial charge >= 0.3 is 0 Å². The van der Waals surface area contributed by atoms with E-state index in [0.717, 1.165) is 23.8 Å². The lowest BCUT2D eigenvalue weighted by Crippen LogP contribution is -2.27.